The molecule has 1 heterocycles. The molecule has 0 N–H and O–H groups in total. The first-order chi connectivity index (χ1) is 7.29. The second kappa shape index (κ2) is 3.13. The molecule has 1 aromatic carbocycles. The summed E-state index contributed by atoms with van der Waals surface area (Å²) in [6, 6.07) is 9.49. The molecule has 0 saturated heterocycles. The van der Waals surface area contributed by atoms with E-state index in [2.05, 4.69) is 55.3 Å². The third-order valence-corrected chi connectivity index (χ3v) is 3.93. The number of fused-ring (bicyclic) bond motifs is 3. The lowest BCUT2D eigenvalue weighted by Gasteiger charge is -2.33. The van der Waals surface area contributed by atoms with Gasteiger partial charge in [0.05, 0.1) is 0 Å². The van der Waals surface area contributed by atoms with Gasteiger partial charge in [0.15, 0.2) is 0 Å². The Morgan fingerprint density at radius 2 is 2.07 bits per heavy atom. The molecule has 1 aliphatic carbocycles. The van der Waals surface area contributed by atoms with Gasteiger partial charge in [-0.1, -0.05) is 37.3 Å². The number of allylic oxidation sites excluding steroid dienone is 1. The van der Waals surface area contributed by atoms with Crippen molar-refractivity contribution in [3.05, 3.63) is 42.0 Å². The monoisotopic (exact) mass is 199 g/mol. The van der Waals surface area contributed by atoms with Crippen molar-refractivity contribution in [2.75, 3.05) is 11.9 Å². The Labute approximate surface area is 91.4 Å². The second-order valence-electron chi connectivity index (χ2n) is 4.83. The molecule has 78 valence electrons. The summed E-state index contributed by atoms with van der Waals surface area (Å²) in [6.45, 7) is 2.36. The zero-order chi connectivity index (χ0) is 10.4. The number of anilines is 1. The Bertz CT molecular complexity index is 408. The predicted molar refractivity (Wildman–Crippen MR) is 64.3 cm³/mol. The quantitative estimate of drug-likeness (QED) is 0.580. The summed E-state index contributed by atoms with van der Waals surface area (Å²) in [5.41, 5.74) is 2.93. The first-order valence-corrected chi connectivity index (χ1v) is 5.77. The maximum absolute atomic E-state index is 2.47. The molecule has 3 rings (SSSR count). The summed E-state index contributed by atoms with van der Waals surface area (Å²) >= 11 is 0. The lowest BCUT2D eigenvalue weighted by molar-refractivity contribution is 0.415. The van der Waals surface area contributed by atoms with Crippen LogP contribution in [0.3, 0.4) is 0 Å². The van der Waals surface area contributed by atoms with Gasteiger partial charge in [0.25, 0.3) is 0 Å². The topological polar surface area (TPSA) is 3.24 Å². The Morgan fingerprint density at radius 1 is 1.27 bits per heavy atom. The SMILES string of the molecule is CC1CC=CC2c3ccccc3N(C)C12. The van der Waals surface area contributed by atoms with Crippen molar-refractivity contribution in [1.29, 1.82) is 0 Å². The number of likely N-dealkylation sites (N-methyl/N-ethyl adjacent to an activating group) is 1. The van der Waals surface area contributed by atoms with Crippen molar-refractivity contribution in [2.24, 2.45) is 5.92 Å². The van der Waals surface area contributed by atoms with E-state index in [0.29, 0.717) is 12.0 Å². The fraction of sp³-hybridized carbons (Fsp3) is 0.429. The van der Waals surface area contributed by atoms with Gasteiger partial charge in [0.2, 0.25) is 0 Å². The number of para-hydroxylation sites is 1. The van der Waals surface area contributed by atoms with Crippen molar-refractivity contribution < 1.29 is 0 Å². The van der Waals surface area contributed by atoms with Crippen molar-refractivity contribution >= 4 is 5.69 Å². The van der Waals surface area contributed by atoms with Crippen LogP contribution in [0.5, 0.6) is 0 Å². The summed E-state index contributed by atoms with van der Waals surface area (Å²) in [7, 11) is 2.24. The molecule has 0 spiro atoms. The minimum Gasteiger partial charge on any atom is -0.370 e. The van der Waals surface area contributed by atoms with Gasteiger partial charge in [-0.2, -0.15) is 0 Å². The number of nitrogens with zero attached hydrogens (tertiary/aromatic N) is 1. The zero-order valence-corrected chi connectivity index (χ0v) is 9.35. The molecule has 15 heavy (non-hydrogen) atoms. The highest BCUT2D eigenvalue weighted by Crippen LogP contribution is 2.46. The van der Waals surface area contributed by atoms with E-state index >= 15 is 0 Å². The van der Waals surface area contributed by atoms with E-state index in [4.69, 9.17) is 0 Å². The highest BCUT2D eigenvalue weighted by molar-refractivity contribution is 5.63. The van der Waals surface area contributed by atoms with Crippen molar-refractivity contribution in [3.8, 4) is 0 Å². The smallest absolute Gasteiger partial charge is 0.0419 e. The molecule has 0 fully saturated rings. The van der Waals surface area contributed by atoms with Crippen LogP contribution in [0.25, 0.3) is 0 Å². The van der Waals surface area contributed by atoms with Gasteiger partial charge in [-0.3, -0.25) is 0 Å². The van der Waals surface area contributed by atoms with Gasteiger partial charge in [-0.05, 0) is 24.0 Å². The predicted octanol–water partition coefficient (Wildman–Crippen LogP) is 3.18. The molecule has 0 bridgehead atoms. The molecular formula is C14H17N. The van der Waals surface area contributed by atoms with Crippen LogP contribution in [0.4, 0.5) is 5.69 Å². The molecule has 0 saturated carbocycles. The minimum atomic E-state index is 0.620. The highest BCUT2D eigenvalue weighted by Gasteiger charge is 2.39. The Kier molecular flexibility index (Phi) is 1.88. The van der Waals surface area contributed by atoms with E-state index in [-0.39, 0.29) is 0 Å². The van der Waals surface area contributed by atoms with Crippen molar-refractivity contribution in [3.63, 3.8) is 0 Å². The van der Waals surface area contributed by atoms with E-state index in [1.165, 1.54) is 17.7 Å². The summed E-state index contributed by atoms with van der Waals surface area (Å²) in [6.07, 6.45) is 5.97. The summed E-state index contributed by atoms with van der Waals surface area (Å²) in [4.78, 5) is 2.47. The lowest BCUT2D eigenvalue weighted by atomic mass is 9.81. The molecule has 3 atom stereocenters. The molecule has 1 aromatic rings. The molecule has 0 aromatic heterocycles. The van der Waals surface area contributed by atoms with Crippen LogP contribution >= 0.6 is 0 Å². The highest BCUT2D eigenvalue weighted by atomic mass is 15.2. The van der Waals surface area contributed by atoms with Crippen molar-refractivity contribution in [1.82, 2.24) is 0 Å². The van der Waals surface area contributed by atoms with Crippen LogP contribution in [0.1, 0.15) is 24.8 Å². The molecular weight excluding hydrogens is 182 g/mol. The first kappa shape index (κ1) is 9.02. The third kappa shape index (κ3) is 1.16. The van der Waals surface area contributed by atoms with E-state index in [1.54, 1.807) is 0 Å². The van der Waals surface area contributed by atoms with Crippen LogP contribution in [0.2, 0.25) is 0 Å². The van der Waals surface area contributed by atoms with E-state index in [0.717, 1.165) is 5.92 Å². The number of benzene rings is 1. The fourth-order valence-corrected chi connectivity index (χ4v) is 3.21. The number of hydrogen-bond donors (Lipinski definition) is 0. The van der Waals surface area contributed by atoms with Gasteiger partial charge in [0.1, 0.15) is 0 Å². The lowest BCUT2D eigenvalue weighted by Crippen LogP contribution is -2.37. The normalized spacial score (nSPS) is 32.7. The molecule has 0 amide bonds. The van der Waals surface area contributed by atoms with Crippen LogP contribution < -0.4 is 4.90 Å². The fourth-order valence-electron chi connectivity index (χ4n) is 3.21. The molecule has 0 radical (unpaired) electrons. The van der Waals surface area contributed by atoms with Crippen molar-refractivity contribution in [2.45, 2.75) is 25.3 Å². The summed E-state index contributed by atoms with van der Waals surface area (Å²) < 4.78 is 0. The van der Waals surface area contributed by atoms with E-state index < -0.39 is 0 Å². The zero-order valence-electron chi connectivity index (χ0n) is 9.35. The average Bonchev–Trinajstić information content (AvgIpc) is 2.55. The summed E-state index contributed by atoms with van der Waals surface area (Å²) in [5, 5.41) is 0. The van der Waals surface area contributed by atoms with Crippen LogP contribution in [-0.4, -0.2) is 13.1 Å². The third-order valence-electron chi connectivity index (χ3n) is 3.93. The largest absolute Gasteiger partial charge is 0.370 e. The van der Waals surface area contributed by atoms with Gasteiger partial charge in [0, 0.05) is 24.7 Å². The molecule has 2 aliphatic rings. The van der Waals surface area contributed by atoms with Gasteiger partial charge in [-0.15, -0.1) is 0 Å². The molecule has 1 nitrogen and oxygen atoms in total. The summed E-state index contributed by atoms with van der Waals surface area (Å²) in [5.74, 6) is 1.38. The van der Waals surface area contributed by atoms with Gasteiger partial charge in [-0.25, -0.2) is 0 Å². The Balaban J connectivity index is 2.13. The Hall–Kier alpha value is -1.24. The van der Waals surface area contributed by atoms with Crippen LogP contribution in [-0.2, 0) is 0 Å². The number of rotatable bonds is 0. The Morgan fingerprint density at radius 3 is 2.93 bits per heavy atom. The molecule has 1 aliphatic heterocycles. The molecule has 3 unspecified atom stereocenters. The van der Waals surface area contributed by atoms with E-state index in [9.17, 15) is 0 Å². The molecule has 1 heteroatoms. The first-order valence-electron chi connectivity index (χ1n) is 5.77. The second-order valence-corrected chi connectivity index (χ2v) is 4.83. The van der Waals surface area contributed by atoms with Crippen LogP contribution in [0.15, 0.2) is 36.4 Å². The maximum atomic E-state index is 2.47. The average molecular weight is 199 g/mol. The van der Waals surface area contributed by atoms with Gasteiger partial charge < -0.3 is 4.90 Å². The standard InChI is InChI=1S/C14H17N/c1-10-6-5-8-12-11-7-3-4-9-13(11)15(2)14(10)12/h3-5,7-10,12,14H,6H2,1-2H3. The van der Waals surface area contributed by atoms with Gasteiger partial charge >= 0.3 is 0 Å². The van der Waals surface area contributed by atoms with Crippen LogP contribution in [0, 0.1) is 5.92 Å². The number of hydrogen-bond acceptors (Lipinski definition) is 1. The van der Waals surface area contributed by atoms with E-state index in [1.807, 2.05) is 0 Å². The minimum absolute atomic E-state index is 0.620. The maximum Gasteiger partial charge on any atom is 0.0419 e.